The van der Waals surface area contributed by atoms with Crippen LogP contribution in [0.25, 0.3) is 0 Å². The lowest BCUT2D eigenvalue weighted by Crippen LogP contribution is -2.30. The Balaban J connectivity index is 4.47. The molecule has 0 rings (SSSR count). The molecule has 0 aliphatic rings. The normalized spacial score (nSPS) is 13.3. The average Bonchev–Trinajstić information content (AvgIpc) is 3.27. The zero-order valence-corrected chi connectivity index (χ0v) is 40.1. The molecule has 0 radical (unpaired) electrons. The van der Waals surface area contributed by atoms with E-state index in [-0.39, 0.29) is 38.0 Å². The molecule has 5 heteroatoms. The van der Waals surface area contributed by atoms with Gasteiger partial charge in [0.1, 0.15) is 6.61 Å². The van der Waals surface area contributed by atoms with Crippen LogP contribution in [-0.2, 0) is 23.8 Å². The van der Waals surface area contributed by atoms with Gasteiger partial charge in [0.25, 0.3) is 0 Å². The second-order valence-corrected chi connectivity index (χ2v) is 16.0. The minimum absolute atomic E-state index is 0.00579. The molecule has 1 atom stereocenters. The summed E-state index contributed by atoms with van der Waals surface area (Å²) in [6.45, 7) is 7.38. The third-order valence-electron chi connectivity index (χ3n) is 10.0. The molecule has 0 aliphatic heterocycles. The zero-order chi connectivity index (χ0) is 44.9. The van der Waals surface area contributed by atoms with E-state index in [1.165, 1.54) is 89.9 Å². The van der Waals surface area contributed by atoms with Gasteiger partial charge in [0.05, 0.1) is 13.0 Å². The number of ether oxygens (including phenoxy) is 3. The molecule has 0 spiro atoms. The third-order valence-corrected chi connectivity index (χ3v) is 10.0. The Kier molecular flexibility index (Phi) is 48.6. The van der Waals surface area contributed by atoms with Crippen molar-refractivity contribution in [2.75, 3.05) is 19.8 Å². The molecule has 0 fully saturated rings. The highest BCUT2D eigenvalue weighted by Crippen LogP contribution is 2.12. The van der Waals surface area contributed by atoms with Crippen LogP contribution in [0, 0.1) is 0 Å². The van der Waals surface area contributed by atoms with Crippen LogP contribution in [0.4, 0.5) is 0 Å². The summed E-state index contributed by atoms with van der Waals surface area (Å²) >= 11 is 0. The molecule has 0 amide bonds. The first-order valence-corrected chi connectivity index (χ1v) is 25.1. The van der Waals surface area contributed by atoms with Crippen LogP contribution in [0.15, 0.2) is 122 Å². The van der Waals surface area contributed by atoms with Gasteiger partial charge in [-0.05, 0) is 96.3 Å². The van der Waals surface area contributed by atoms with Gasteiger partial charge in [-0.2, -0.15) is 0 Å². The van der Waals surface area contributed by atoms with Crippen LogP contribution >= 0.6 is 0 Å². The average molecular weight is 857 g/mol. The van der Waals surface area contributed by atoms with E-state index < -0.39 is 6.10 Å². The first-order valence-electron chi connectivity index (χ1n) is 25.1. The number of allylic oxidation sites excluding steroid dienone is 19. The van der Waals surface area contributed by atoms with E-state index in [2.05, 4.69) is 124 Å². The van der Waals surface area contributed by atoms with E-state index >= 15 is 0 Å². The second-order valence-electron chi connectivity index (χ2n) is 16.0. The molecule has 0 aliphatic carbocycles. The molecule has 0 heterocycles. The van der Waals surface area contributed by atoms with Gasteiger partial charge in [0.2, 0.25) is 0 Å². The van der Waals surface area contributed by atoms with E-state index in [0.29, 0.717) is 13.0 Å². The zero-order valence-electron chi connectivity index (χ0n) is 40.1. The molecular weight excluding hydrogens is 765 g/mol. The summed E-state index contributed by atoms with van der Waals surface area (Å²) in [5, 5.41) is 0. The van der Waals surface area contributed by atoms with Crippen molar-refractivity contribution in [2.45, 2.75) is 207 Å². The molecular formula is C57H92O5. The van der Waals surface area contributed by atoms with Gasteiger partial charge < -0.3 is 14.2 Å². The van der Waals surface area contributed by atoms with E-state index in [1.54, 1.807) is 0 Å². The van der Waals surface area contributed by atoms with Crippen LogP contribution < -0.4 is 0 Å². The molecule has 0 saturated heterocycles. The first-order chi connectivity index (χ1) is 30.6. The fourth-order valence-electron chi connectivity index (χ4n) is 6.35. The molecule has 62 heavy (non-hydrogen) atoms. The van der Waals surface area contributed by atoms with E-state index in [1.807, 2.05) is 18.2 Å². The molecule has 0 bridgehead atoms. The van der Waals surface area contributed by atoms with Crippen molar-refractivity contribution in [2.24, 2.45) is 0 Å². The van der Waals surface area contributed by atoms with Gasteiger partial charge in [-0.15, -0.1) is 0 Å². The fourth-order valence-corrected chi connectivity index (χ4v) is 6.35. The van der Waals surface area contributed by atoms with Gasteiger partial charge in [-0.25, -0.2) is 0 Å². The molecule has 5 nitrogen and oxygen atoms in total. The lowest BCUT2D eigenvalue weighted by molar-refractivity contribution is -0.162. The van der Waals surface area contributed by atoms with Crippen molar-refractivity contribution < 1.29 is 23.8 Å². The van der Waals surface area contributed by atoms with E-state index in [4.69, 9.17) is 14.2 Å². The maximum Gasteiger partial charge on any atom is 0.309 e. The Hall–Kier alpha value is -3.70. The quantitative estimate of drug-likeness (QED) is 0.0347. The monoisotopic (exact) mass is 857 g/mol. The maximum atomic E-state index is 12.7. The van der Waals surface area contributed by atoms with Crippen molar-refractivity contribution >= 4 is 11.9 Å². The van der Waals surface area contributed by atoms with E-state index in [9.17, 15) is 9.59 Å². The number of carbonyl (C=O) groups excluding carboxylic acids is 2. The summed E-state index contributed by atoms with van der Waals surface area (Å²) in [5.41, 5.74) is 0. The van der Waals surface area contributed by atoms with Gasteiger partial charge in [-0.1, -0.05) is 213 Å². The molecule has 350 valence electrons. The molecule has 0 aromatic heterocycles. The van der Waals surface area contributed by atoms with Gasteiger partial charge >= 0.3 is 11.9 Å². The largest absolute Gasteiger partial charge is 0.461 e. The Bertz CT molecular complexity index is 1290. The van der Waals surface area contributed by atoms with Crippen LogP contribution in [-0.4, -0.2) is 37.9 Å². The minimum atomic E-state index is -0.623. The fraction of sp³-hybridized carbons (Fsp3) is 0.614. The molecule has 0 aromatic rings. The number of esters is 2. The van der Waals surface area contributed by atoms with Crippen LogP contribution in [0.5, 0.6) is 0 Å². The topological polar surface area (TPSA) is 61.8 Å². The summed E-state index contributed by atoms with van der Waals surface area (Å²) in [6.07, 6.45) is 72.5. The van der Waals surface area contributed by atoms with Crippen molar-refractivity contribution in [1.82, 2.24) is 0 Å². The number of carbonyl (C=O) groups is 2. The molecule has 0 N–H and O–H groups in total. The lowest BCUT2D eigenvalue weighted by Gasteiger charge is -2.18. The number of rotatable bonds is 44. The van der Waals surface area contributed by atoms with Crippen LogP contribution in [0.3, 0.4) is 0 Å². The minimum Gasteiger partial charge on any atom is -0.461 e. The van der Waals surface area contributed by atoms with Gasteiger partial charge in [0.15, 0.2) is 6.10 Å². The number of unbranched alkanes of at least 4 members (excludes halogenated alkanes) is 14. The molecule has 1 unspecified atom stereocenters. The molecule has 0 aromatic carbocycles. The summed E-state index contributed by atoms with van der Waals surface area (Å²) in [7, 11) is 0. The van der Waals surface area contributed by atoms with Crippen LogP contribution in [0.2, 0.25) is 0 Å². The predicted octanol–water partition coefficient (Wildman–Crippen LogP) is 17.0. The highest BCUT2D eigenvalue weighted by Gasteiger charge is 2.17. The molecule has 0 saturated carbocycles. The van der Waals surface area contributed by atoms with E-state index in [0.717, 1.165) is 70.6 Å². The van der Waals surface area contributed by atoms with Gasteiger partial charge in [0, 0.05) is 13.0 Å². The number of hydrogen-bond donors (Lipinski definition) is 0. The second kappa shape index (κ2) is 51.6. The smallest absolute Gasteiger partial charge is 0.309 e. The SMILES string of the molecule is CC/C=C\C/C=C\C/C=C\C/C=C\C/C=C\CC(=O)OCC(COCCCCCCCCCC/C=C\CCCCCCCC)OC(=O)CC/C=C\C/C=C\C/C=C\C/C=C\CC. The summed E-state index contributed by atoms with van der Waals surface area (Å²) in [6, 6.07) is 0. The van der Waals surface area contributed by atoms with Crippen molar-refractivity contribution in [1.29, 1.82) is 0 Å². The summed E-state index contributed by atoms with van der Waals surface area (Å²) < 4.78 is 17.2. The van der Waals surface area contributed by atoms with Crippen LogP contribution in [0.1, 0.15) is 201 Å². The summed E-state index contributed by atoms with van der Waals surface area (Å²) in [4.78, 5) is 25.2. The Morgan fingerprint density at radius 2 is 0.774 bits per heavy atom. The Morgan fingerprint density at radius 1 is 0.387 bits per heavy atom. The lowest BCUT2D eigenvalue weighted by atomic mass is 10.1. The highest BCUT2D eigenvalue weighted by molar-refractivity contribution is 5.71. The first kappa shape index (κ1) is 58.3. The third kappa shape index (κ3) is 49.0. The highest BCUT2D eigenvalue weighted by atomic mass is 16.6. The standard InChI is InChI=1S/C57H92O5/c1-4-7-10-13-16-19-22-25-27-28-29-31-34-37-40-43-46-49-52-60-53-55(62-57(59)51-48-45-42-39-36-32-24-21-18-15-12-9-6-3)54-61-56(58)50-47-44-41-38-35-33-30-26-23-20-17-14-11-8-5-2/h8-9,11-12,17-18,20-21,25-27,30,32,35-36,38,42,44-45,47,55H,4-7,10,13-16,19,22-24,28-29,31,33-34,37,39-41,43,46,48-54H2,1-3H3/b11-8-,12-9-,20-17-,21-18-,27-25-,30-26-,36-32-,38-35-,45-42-,47-44-. The summed E-state index contributed by atoms with van der Waals surface area (Å²) in [5.74, 6) is -0.647. The maximum absolute atomic E-state index is 12.7. The number of hydrogen-bond acceptors (Lipinski definition) is 5. The van der Waals surface area contributed by atoms with Crippen molar-refractivity contribution in [3.8, 4) is 0 Å². The van der Waals surface area contributed by atoms with Crippen molar-refractivity contribution in [3.63, 3.8) is 0 Å². The Morgan fingerprint density at radius 3 is 1.24 bits per heavy atom. The Labute approximate surface area is 382 Å². The van der Waals surface area contributed by atoms with Gasteiger partial charge in [-0.3, -0.25) is 9.59 Å². The van der Waals surface area contributed by atoms with Crippen molar-refractivity contribution in [3.05, 3.63) is 122 Å². The predicted molar refractivity (Wildman–Crippen MR) is 269 cm³/mol.